The molecule has 0 bridgehead atoms. The van der Waals surface area contributed by atoms with E-state index in [1.165, 1.54) is 24.3 Å². The summed E-state index contributed by atoms with van der Waals surface area (Å²) in [5.74, 6) is 0.250. The van der Waals surface area contributed by atoms with E-state index < -0.39 is 18.2 Å². The SMILES string of the molecule is COc1cccc(NC(=O)N[C@H](C)[C@H](O)c2ccc(F)cc2)c1. The molecule has 23 heavy (non-hydrogen) atoms. The lowest BCUT2D eigenvalue weighted by molar-refractivity contribution is 0.139. The first-order chi connectivity index (χ1) is 11.0. The zero-order valence-electron chi connectivity index (χ0n) is 12.9. The van der Waals surface area contributed by atoms with Gasteiger partial charge in [-0.25, -0.2) is 9.18 Å². The summed E-state index contributed by atoms with van der Waals surface area (Å²) >= 11 is 0. The average Bonchev–Trinajstić information content (AvgIpc) is 2.54. The number of amides is 2. The molecular weight excluding hydrogens is 299 g/mol. The molecule has 0 aromatic heterocycles. The van der Waals surface area contributed by atoms with Gasteiger partial charge in [-0.2, -0.15) is 0 Å². The molecule has 5 nitrogen and oxygen atoms in total. The molecule has 2 aromatic rings. The predicted octanol–water partition coefficient (Wildman–Crippen LogP) is 3.08. The van der Waals surface area contributed by atoms with E-state index >= 15 is 0 Å². The third-order valence-electron chi connectivity index (χ3n) is 3.37. The molecule has 0 aliphatic rings. The van der Waals surface area contributed by atoms with Gasteiger partial charge in [-0.1, -0.05) is 18.2 Å². The number of methoxy groups -OCH3 is 1. The van der Waals surface area contributed by atoms with Crippen molar-refractivity contribution in [3.05, 3.63) is 59.9 Å². The van der Waals surface area contributed by atoms with E-state index in [9.17, 15) is 14.3 Å². The highest BCUT2D eigenvalue weighted by Crippen LogP contribution is 2.18. The van der Waals surface area contributed by atoms with Gasteiger partial charge >= 0.3 is 6.03 Å². The third-order valence-corrected chi connectivity index (χ3v) is 3.37. The van der Waals surface area contributed by atoms with Crippen LogP contribution < -0.4 is 15.4 Å². The maximum Gasteiger partial charge on any atom is 0.319 e. The number of benzene rings is 2. The zero-order valence-corrected chi connectivity index (χ0v) is 12.9. The molecule has 3 N–H and O–H groups in total. The standard InChI is InChI=1S/C17H19FN2O3/c1-11(16(21)12-6-8-13(18)9-7-12)19-17(22)20-14-4-3-5-15(10-14)23-2/h3-11,16,21H,1-2H3,(H2,19,20,22)/t11-,16+/m1/s1. The van der Waals surface area contributed by atoms with Crippen molar-refractivity contribution in [2.45, 2.75) is 19.1 Å². The maximum atomic E-state index is 12.9. The minimum atomic E-state index is -0.938. The maximum absolute atomic E-state index is 12.9. The Morgan fingerprint density at radius 1 is 1.22 bits per heavy atom. The van der Waals surface area contributed by atoms with Gasteiger partial charge in [0, 0.05) is 11.8 Å². The van der Waals surface area contributed by atoms with Crippen LogP contribution in [0, 0.1) is 5.82 Å². The number of ether oxygens (including phenoxy) is 1. The molecule has 122 valence electrons. The Bertz CT molecular complexity index is 661. The zero-order chi connectivity index (χ0) is 16.8. The molecule has 0 aliphatic carbocycles. The van der Waals surface area contributed by atoms with Crippen molar-refractivity contribution in [1.82, 2.24) is 5.32 Å². The van der Waals surface area contributed by atoms with Gasteiger partial charge in [0.05, 0.1) is 19.3 Å². The van der Waals surface area contributed by atoms with Crippen LogP contribution in [0.5, 0.6) is 5.75 Å². The smallest absolute Gasteiger partial charge is 0.319 e. The number of anilines is 1. The van der Waals surface area contributed by atoms with E-state index in [-0.39, 0.29) is 5.82 Å². The molecule has 6 heteroatoms. The van der Waals surface area contributed by atoms with E-state index in [1.807, 2.05) is 0 Å². The number of hydrogen-bond acceptors (Lipinski definition) is 3. The third kappa shape index (κ3) is 4.69. The normalized spacial score (nSPS) is 13.0. The van der Waals surface area contributed by atoms with Crippen LogP contribution in [-0.2, 0) is 0 Å². The second-order valence-electron chi connectivity index (χ2n) is 5.12. The van der Waals surface area contributed by atoms with Crippen LogP contribution in [0.1, 0.15) is 18.6 Å². The summed E-state index contributed by atoms with van der Waals surface area (Å²) in [6, 6.07) is 11.4. The lowest BCUT2D eigenvalue weighted by Gasteiger charge is -2.21. The summed E-state index contributed by atoms with van der Waals surface area (Å²) in [6.07, 6.45) is -0.938. The highest BCUT2D eigenvalue weighted by molar-refractivity contribution is 5.89. The number of carbonyl (C=O) groups excluding carboxylic acids is 1. The van der Waals surface area contributed by atoms with Crippen LogP contribution in [0.2, 0.25) is 0 Å². The Kier molecular flexibility index (Phi) is 5.54. The second kappa shape index (κ2) is 7.60. The first kappa shape index (κ1) is 16.8. The van der Waals surface area contributed by atoms with Gasteiger partial charge in [-0.05, 0) is 36.8 Å². The first-order valence-corrected chi connectivity index (χ1v) is 7.14. The van der Waals surface area contributed by atoms with Gasteiger partial charge < -0.3 is 20.5 Å². The Balaban J connectivity index is 1.94. The van der Waals surface area contributed by atoms with E-state index in [2.05, 4.69) is 10.6 Å². The molecule has 0 saturated heterocycles. The van der Waals surface area contributed by atoms with E-state index in [0.29, 0.717) is 17.0 Å². The molecular formula is C17H19FN2O3. The summed E-state index contributed by atoms with van der Waals surface area (Å²) in [7, 11) is 1.54. The Hall–Kier alpha value is -2.60. The minimum absolute atomic E-state index is 0.377. The van der Waals surface area contributed by atoms with Gasteiger partial charge in [0.15, 0.2) is 0 Å². The van der Waals surface area contributed by atoms with Crippen molar-refractivity contribution in [1.29, 1.82) is 0 Å². The van der Waals surface area contributed by atoms with Crippen molar-refractivity contribution >= 4 is 11.7 Å². The molecule has 0 heterocycles. The highest BCUT2D eigenvalue weighted by atomic mass is 19.1. The molecule has 0 radical (unpaired) electrons. The van der Waals surface area contributed by atoms with Gasteiger partial charge in [-0.15, -0.1) is 0 Å². The number of nitrogens with one attached hydrogen (secondary N) is 2. The number of urea groups is 1. The van der Waals surface area contributed by atoms with E-state index in [0.717, 1.165) is 0 Å². The number of carbonyl (C=O) groups is 1. The summed E-state index contributed by atoms with van der Waals surface area (Å²) in [4.78, 5) is 12.0. The monoisotopic (exact) mass is 318 g/mol. The fourth-order valence-corrected chi connectivity index (χ4v) is 2.10. The molecule has 0 fully saturated rings. The topological polar surface area (TPSA) is 70.6 Å². The number of aliphatic hydroxyl groups excluding tert-OH is 1. The molecule has 0 aliphatic heterocycles. The van der Waals surface area contributed by atoms with Crippen LogP contribution in [0.3, 0.4) is 0 Å². The fourth-order valence-electron chi connectivity index (χ4n) is 2.10. The second-order valence-corrected chi connectivity index (χ2v) is 5.12. The largest absolute Gasteiger partial charge is 0.497 e. The lowest BCUT2D eigenvalue weighted by Crippen LogP contribution is -2.39. The van der Waals surface area contributed by atoms with Crippen molar-refractivity contribution < 1.29 is 19.0 Å². The first-order valence-electron chi connectivity index (χ1n) is 7.14. The molecule has 0 unspecified atom stereocenters. The van der Waals surface area contributed by atoms with Crippen molar-refractivity contribution in [2.24, 2.45) is 0 Å². The predicted molar refractivity (Wildman–Crippen MR) is 86.0 cm³/mol. The van der Waals surface area contributed by atoms with Crippen molar-refractivity contribution in [3.8, 4) is 5.75 Å². The summed E-state index contributed by atoms with van der Waals surface area (Å²) in [5, 5.41) is 15.5. The van der Waals surface area contributed by atoms with E-state index in [4.69, 9.17) is 4.74 Å². The van der Waals surface area contributed by atoms with Gasteiger partial charge in [-0.3, -0.25) is 0 Å². The van der Waals surface area contributed by atoms with Crippen LogP contribution in [0.15, 0.2) is 48.5 Å². The van der Waals surface area contributed by atoms with Crippen LogP contribution in [0.4, 0.5) is 14.9 Å². The Morgan fingerprint density at radius 2 is 1.91 bits per heavy atom. The van der Waals surface area contributed by atoms with Crippen molar-refractivity contribution in [3.63, 3.8) is 0 Å². The number of rotatable bonds is 5. The molecule has 2 aromatic carbocycles. The molecule has 2 amide bonds. The molecule has 0 spiro atoms. The Labute approximate surface area is 134 Å². The van der Waals surface area contributed by atoms with Crippen LogP contribution in [-0.4, -0.2) is 24.3 Å². The molecule has 0 saturated carbocycles. The van der Waals surface area contributed by atoms with E-state index in [1.54, 1.807) is 38.3 Å². The number of aliphatic hydroxyl groups is 1. The Morgan fingerprint density at radius 3 is 2.57 bits per heavy atom. The summed E-state index contributed by atoms with van der Waals surface area (Å²) in [5.41, 5.74) is 1.10. The average molecular weight is 318 g/mol. The van der Waals surface area contributed by atoms with Gasteiger partial charge in [0.1, 0.15) is 11.6 Å². The number of halogens is 1. The molecule has 2 rings (SSSR count). The fraction of sp³-hybridized carbons (Fsp3) is 0.235. The van der Waals surface area contributed by atoms with Crippen LogP contribution in [0.25, 0.3) is 0 Å². The number of hydrogen-bond donors (Lipinski definition) is 3. The quantitative estimate of drug-likeness (QED) is 0.793. The highest BCUT2D eigenvalue weighted by Gasteiger charge is 2.18. The summed E-state index contributed by atoms with van der Waals surface area (Å²) < 4.78 is 18.0. The van der Waals surface area contributed by atoms with Crippen LogP contribution >= 0.6 is 0 Å². The minimum Gasteiger partial charge on any atom is -0.497 e. The van der Waals surface area contributed by atoms with Crippen molar-refractivity contribution in [2.75, 3.05) is 12.4 Å². The molecule has 2 atom stereocenters. The van der Waals surface area contributed by atoms with Gasteiger partial charge in [0.2, 0.25) is 0 Å². The summed E-state index contributed by atoms with van der Waals surface area (Å²) in [6.45, 7) is 1.67. The van der Waals surface area contributed by atoms with Gasteiger partial charge in [0.25, 0.3) is 0 Å². The lowest BCUT2D eigenvalue weighted by atomic mass is 10.0.